The van der Waals surface area contributed by atoms with Gasteiger partial charge in [0.15, 0.2) is 9.84 Å². The molecule has 0 N–H and O–H groups in total. The van der Waals surface area contributed by atoms with Crippen LogP contribution in [0.4, 0.5) is 0 Å². The third kappa shape index (κ3) is 2.86. The van der Waals surface area contributed by atoms with Crippen molar-refractivity contribution in [3.05, 3.63) is 29.8 Å². The molecule has 0 spiro atoms. The third-order valence-corrected chi connectivity index (χ3v) is 5.55. The van der Waals surface area contributed by atoms with E-state index >= 15 is 0 Å². The van der Waals surface area contributed by atoms with E-state index in [-0.39, 0.29) is 16.4 Å². The van der Waals surface area contributed by atoms with E-state index in [1.165, 1.54) is 6.07 Å². The fraction of sp³-hybridized carbons (Fsp3) is 0.500. The van der Waals surface area contributed by atoms with Gasteiger partial charge in [-0.15, -0.1) is 0 Å². The first-order valence-corrected chi connectivity index (χ1v) is 8.19. The molecule has 0 bridgehead atoms. The molecular weight excluding hydrogens is 278 g/mol. The molecule has 0 atom stereocenters. The summed E-state index contributed by atoms with van der Waals surface area (Å²) in [7, 11) is -3.47. The normalized spacial score (nSPS) is 16.4. The second-order valence-corrected chi connectivity index (χ2v) is 7.47. The summed E-state index contributed by atoms with van der Waals surface area (Å²) >= 11 is 0. The van der Waals surface area contributed by atoms with E-state index in [0.717, 1.165) is 0 Å². The lowest BCUT2D eigenvalue weighted by atomic mass is 10.2. The smallest absolute Gasteiger partial charge is 0.255 e. The van der Waals surface area contributed by atoms with E-state index in [0.29, 0.717) is 26.3 Å². The van der Waals surface area contributed by atoms with E-state index in [2.05, 4.69) is 0 Å². The highest BCUT2D eigenvalue weighted by atomic mass is 32.2. The molecule has 0 saturated carbocycles. The Bertz CT molecular complexity index is 589. The number of amides is 1. The van der Waals surface area contributed by atoms with Crippen molar-refractivity contribution in [3.8, 4) is 0 Å². The van der Waals surface area contributed by atoms with Crippen molar-refractivity contribution in [1.82, 2.24) is 4.90 Å². The number of carbonyl (C=O) groups is 1. The molecule has 2 rings (SSSR count). The van der Waals surface area contributed by atoms with Gasteiger partial charge >= 0.3 is 0 Å². The van der Waals surface area contributed by atoms with Crippen molar-refractivity contribution >= 4 is 15.7 Å². The van der Waals surface area contributed by atoms with Gasteiger partial charge in [-0.2, -0.15) is 0 Å². The van der Waals surface area contributed by atoms with E-state index in [9.17, 15) is 13.2 Å². The predicted octanol–water partition coefficient (Wildman–Crippen LogP) is 1.34. The summed E-state index contributed by atoms with van der Waals surface area (Å²) in [5.41, 5.74) is 0.253. The van der Waals surface area contributed by atoms with Crippen LogP contribution >= 0.6 is 0 Å². The minimum Gasteiger partial charge on any atom is -0.378 e. The highest BCUT2D eigenvalue weighted by Gasteiger charge is 2.28. The first-order valence-electron chi connectivity index (χ1n) is 6.64. The third-order valence-electron chi connectivity index (χ3n) is 3.34. The lowest BCUT2D eigenvalue weighted by Gasteiger charge is -2.27. The zero-order valence-electron chi connectivity index (χ0n) is 11.7. The Morgan fingerprint density at radius 1 is 1.20 bits per heavy atom. The Morgan fingerprint density at radius 3 is 2.40 bits per heavy atom. The maximum atomic E-state index is 12.5. The molecule has 0 radical (unpaired) electrons. The zero-order chi connectivity index (χ0) is 14.8. The SMILES string of the molecule is CC(C)S(=O)(=O)c1ccccc1C(=O)N1CCOCC1. The molecule has 1 amide bonds. The van der Waals surface area contributed by atoms with Crippen LogP contribution in [0.3, 0.4) is 0 Å². The molecule has 1 aromatic rings. The van der Waals surface area contributed by atoms with Crippen molar-refractivity contribution < 1.29 is 17.9 Å². The summed E-state index contributed by atoms with van der Waals surface area (Å²) in [6, 6.07) is 6.41. The van der Waals surface area contributed by atoms with Crippen LogP contribution in [0.2, 0.25) is 0 Å². The Hall–Kier alpha value is -1.40. The monoisotopic (exact) mass is 297 g/mol. The quantitative estimate of drug-likeness (QED) is 0.844. The number of hydrogen-bond acceptors (Lipinski definition) is 4. The lowest BCUT2D eigenvalue weighted by molar-refractivity contribution is 0.0300. The Labute approximate surface area is 119 Å². The molecule has 6 heteroatoms. The topological polar surface area (TPSA) is 63.7 Å². The molecule has 0 aromatic heterocycles. The van der Waals surface area contributed by atoms with Gasteiger partial charge < -0.3 is 9.64 Å². The van der Waals surface area contributed by atoms with Crippen molar-refractivity contribution in [3.63, 3.8) is 0 Å². The van der Waals surface area contributed by atoms with Gasteiger partial charge in [0, 0.05) is 13.1 Å². The van der Waals surface area contributed by atoms with E-state index in [1.54, 1.807) is 36.9 Å². The summed E-state index contributed by atoms with van der Waals surface area (Å²) < 4.78 is 29.9. The number of morpholine rings is 1. The standard InChI is InChI=1S/C14H19NO4S/c1-11(2)20(17,18)13-6-4-3-5-12(13)14(16)15-7-9-19-10-8-15/h3-6,11H,7-10H2,1-2H3. The molecule has 0 unspecified atom stereocenters. The van der Waals surface area contributed by atoms with Gasteiger partial charge in [0.1, 0.15) is 0 Å². The number of benzene rings is 1. The molecule has 1 heterocycles. The molecule has 1 aliphatic heterocycles. The average molecular weight is 297 g/mol. The molecule has 1 fully saturated rings. The van der Waals surface area contributed by atoms with Crippen molar-refractivity contribution in [2.24, 2.45) is 0 Å². The predicted molar refractivity (Wildman–Crippen MR) is 75.5 cm³/mol. The molecule has 1 aromatic carbocycles. The Morgan fingerprint density at radius 2 is 1.80 bits per heavy atom. The van der Waals surface area contributed by atoms with Crippen molar-refractivity contribution in [1.29, 1.82) is 0 Å². The van der Waals surface area contributed by atoms with E-state index in [4.69, 9.17) is 4.74 Å². The van der Waals surface area contributed by atoms with Crippen LogP contribution in [-0.4, -0.2) is 50.8 Å². The van der Waals surface area contributed by atoms with E-state index < -0.39 is 15.1 Å². The number of ether oxygens (including phenoxy) is 1. The minimum absolute atomic E-state index is 0.117. The van der Waals surface area contributed by atoms with Gasteiger partial charge in [-0.25, -0.2) is 8.42 Å². The van der Waals surface area contributed by atoms with Crippen molar-refractivity contribution in [2.45, 2.75) is 24.0 Å². The van der Waals surface area contributed by atoms with Gasteiger partial charge in [-0.1, -0.05) is 12.1 Å². The Balaban J connectivity index is 2.40. The molecule has 1 saturated heterocycles. The first-order chi connectivity index (χ1) is 9.44. The molecule has 110 valence electrons. The fourth-order valence-electron chi connectivity index (χ4n) is 2.08. The number of hydrogen-bond donors (Lipinski definition) is 0. The maximum Gasteiger partial charge on any atom is 0.255 e. The van der Waals surface area contributed by atoms with Crippen LogP contribution in [-0.2, 0) is 14.6 Å². The van der Waals surface area contributed by atoms with Crippen LogP contribution in [0.15, 0.2) is 29.2 Å². The molecular formula is C14H19NO4S. The van der Waals surface area contributed by atoms with Gasteiger partial charge in [0.2, 0.25) is 0 Å². The molecule has 5 nitrogen and oxygen atoms in total. The summed E-state index contributed by atoms with van der Waals surface area (Å²) in [6.45, 7) is 5.20. The van der Waals surface area contributed by atoms with Crippen LogP contribution in [0.5, 0.6) is 0 Å². The van der Waals surface area contributed by atoms with Gasteiger partial charge in [0.05, 0.1) is 28.9 Å². The zero-order valence-corrected chi connectivity index (χ0v) is 12.5. The summed E-state index contributed by atoms with van der Waals surface area (Å²) in [5.74, 6) is -0.242. The van der Waals surface area contributed by atoms with E-state index in [1.807, 2.05) is 0 Å². The van der Waals surface area contributed by atoms with Gasteiger partial charge in [0.25, 0.3) is 5.91 Å². The lowest BCUT2D eigenvalue weighted by Crippen LogP contribution is -2.41. The molecule has 1 aliphatic rings. The summed E-state index contributed by atoms with van der Waals surface area (Å²) in [5, 5.41) is -0.555. The fourth-order valence-corrected chi connectivity index (χ4v) is 3.32. The Kier molecular flexibility index (Phi) is 4.45. The summed E-state index contributed by atoms with van der Waals surface area (Å²) in [6.07, 6.45) is 0. The first kappa shape index (κ1) is 15.0. The van der Waals surface area contributed by atoms with Crippen LogP contribution < -0.4 is 0 Å². The molecule has 20 heavy (non-hydrogen) atoms. The van der Waals surface area contributed by atoms with Gasteiger partial charge in [-0.3, -0.25) is 4.79 Å². The average Bonchev–Trinajstić information content (AvgIpc) is 2.47. The molecule has 0 aliphatic carbocycles. The number of sulfone groups is 1. The van der Waals surface area contributed by atoms with Crippen molar-refractivity contribution in [2.75, 3.05) is 26.3 Å². The number of nitrogens with zero attached hydrogens (tertiary/aromatic N) is 1. The number of carbonyl (C=O) groups excluding carboxylic acids is 1. The second kappa shape index (κ2) is 5.93. The number of rotatable bonds is 3. The highest BCUT2D eigenvalue weighted by molar-refractivity contribution is 7.92. The summed E-state index contributed by atoms with van der Waals surface area (Å²) in [4.78, 5) is 14.2. The minimum atomic E-state index is -3.47. The van der Waals surface area contributed by atoms with Gasteiger partial charge in [-0.05, 0) is 26.0 Å². The largest absolute Gasteiger partial charge is 0.378 e. The highest BCUT2D eigenvalue weighted by Crippen LogP contribution is 2.22. The maximum absolute atomic E-state index is 12.5. The van der Waals surface area contributed by atoms with Crippen LogP contribution in [0.1, 0.15) is 24.2 Å². The van der Waals surface area contributed by atoms with Crippen LogP contribution in [0, 0.1) is 0 Å². The second-order valence-electron chi connectivity index (χ2n) is 4.99. The van der Waals surface area contributed by atoms with Crippen LogP contribution in [0.25, 0.3) is 0 Å².